The van der Waals surface area contributed by atoms with E-state index >= 15 is 0 Å². The molecule has 1 fully saturated rings. The predicted octanol–water partition coefficient (Wildman–Crippen LogP) is 4.82. The molecule has 2 aromatic rings. The van der Waals surface area contributed by atoms with Gasteiger partial charge >= 0.3 is 0 Å². The zero-order valence-corrected chi connectivity index (χ0v) is 19.0. The molecule has 7 heteroatoms. The van der Waals surface area contributed by atoms with E-state index in [1.54, 1.807) is 19.1 Å². The zero-order valence-electron chi connectivity index (χ0n) is 19.0. The zero-order chi connectivity index (χ0) is 22.8. The number of aromatic amines is 1. The lowest BCUT2D eigenvalue weighted by molar-refractivity contribution is -0.117. The third-order valence-electron chi connectivity index (χ3n) is 7.76. The molecule has 0 spiro atoms. The fourth-order valence-corrected chi connectivity index (χ4v) is 5.68. The van der Waals surface area contributed by atoms with E-state index in [-0.39, 0.29) is 17.5 Å². The highest BCUT2D eigenvalue weighted by atomic mass is 19.1. The Labute approximate surface area is 192 Å². The van der Waals surface area contributed by atoms with Gasteiger partial charge in [0, 0.05) is 41.9 Å². The second-order valence-corrected chi connectivity index (χ2v) is 10.5. The number of carbonyl (C=O) groups is 1. The monoisotopic (exact) mass is 445 g/mol. The topological polar surface area (TPSA) is 73.7 Å². The quantitative estimate of drug-likeness (QED) is 0.689. The van der Waals surface area contributed by atoms with E-state index in [9.17, 15) is 9.18 Å². The number of allylic oxidation sites excluding steroid dienone is 1. The molecule has 0 amide bonds. The number of anilines is 1. The normalized spacial score (nSPS) is 34.5. The number of halogens is 1. The van der Waals surface area contributed by atoms with E-state index in [2.05, 4.69) is 29.0 Å². The van der Waals surface area contributed by atoms with Crippen molar-refractivity contribution in [1.29, 1.82) is 0 Å². The molecular weight excluding hydrogens is 417 g/mol. The summed E-state index contributed by atoms with van der Waals surface area (Å²) in [4.78, 5) is 24.7. The molecule has 0 radical (unpaired) electrons. The minimum absolute atomic E-state index is 0.0603. The lowest BCUT2D eigenvalue weighted by Crippen LogP contribution is -2.38. The molecule has 4 heterocycles. The summed E-state index contributed by atoms with van der Waals surface area (Å²) in [7, 11) is 0. The van der Waals surface area contributed by atoms with Crippen LogP contribution in [0.1, 0.15) is 67.8 Å². The molecule has 6 nitrogen and oxygen atoms in total. The Morgan fingerprint density at radius 1 is 1.27 bits per heavy atom. The summed E-state index contributed by atoms with van der Waals surface area (Å²) < 4.78 is 14.6. The first-order valence-electron chi connectivity index (χ1n) is 11.8. The third-order valence-corrected chi connectivity index (χ3v) is 7.76. The Hall–Kier alpha value is -3.09. The summed E-state index contributed by atoms with van der Waals surface area (Å²) in [6, 6.07) is 4.15. The number of nitrogens with zero attached hydrogens (tertiary/aromatic N) is 4. The van der Waals surface area contributed by atoms with Crippen molar-refractivity contribution >= 4 is 30.1 Å². The SMILES string of the molecule is CC1(F)C=Cc2ncc(C3C=NN4c5[nH]ccc5C(C5CCC(C)(C=O)CC5)=NC34)cc2C1. The molecule has 33 heavy (non-hydrogen) atoms. The van der Waals surface area contributed by atoms with Crippen molar-refractivity contribution in [3.05, 3.63) is 53.0 Å². The maximum atomic E-state index is 14.6. The number of H-pyrrole nitrogens is 1. The number of alkyl halides is 1. The van der Waals surface area contributed by atoms with Crippen molar-refractivity contribution < 1.29 is 9.18 Å². The lowest BCUT2D eigenvalue weighted by atomic mass is 9.70. The molecule has 4 aliphatic rings. The lowest BCUT2D eigenvalue weighted by Gasteiger charge is -2.37. The highest BCUT2D eigenvalue weighted by molar-refractivity contribution is 6.08. The van der Waals surface area contributed by atoms with Gasteiger partial charge in [-0.05, 0) is 62.0 Å². The molecule has 2 aliphatic heterocycles. The van der Waals surface area contributed by atoms with Gasteiger partial charge in [0.2, 0.25) is 0 Å². The van der Waals surface area contributed by atoms with E-state index in [1.165, 1.54) is 0 Å². The summed E-state index contributed by atoms with van der Waals surface area (Å²) in [5.74, 6) is 1.24. The van der Waals surface area contributed by atoms with E-state index in [0.29, 0.717) is 12.3 Å². The van der Waals surface area contributed by atoms with Crippen LogP contribution in [0, 0.1) is 11.3 Å². The van der Waals surface area contributed by atoms with Crippen LogP contribution < -0.4 is 5.01 Å². The van der Waals surface area contributed by atoms with Gasteiger partial charge in [-0.2, -0.15) is 5.10 Å². The second-order valence-electron chi connectivity index (χ2n) is 10.5. The average Bonchev–Trinajstić information content (AvgIpc) is 3.45. The summed E-state index contributed by atoms with van der Waals surface area (Å²) in [6.45, 7) is 3.66. The molecule has 0 saturated heterocycles. The number of pyridine rings is 1. The highest BCUT2D eigenvalue weighted by Crippen LogP contribution is 2.44. The van der Waals surface area contributed by atoms with Gasteiger partial charge in [-0.3, -0.25) is 9.98 Å². The summed E-state index contributed by atoms with van der Waals surface area (Å²) in [5, 5.41) is 6.65. The third kappa shape index (κ3) is 3.36. The number of hydrazone groups is 1. The Balaban J connectivity index is 1.34. The number of carbonyl (C=O) groups excluding carboxylic acids is 1. The smallest absolute Gasteiger partial charge is 0.155 e. The largest absolute Gasteiger partial charge is 0.346 e. The molecule has 2 aliphatic carbocycles. The van der Waals surface area contributed by atoms with Crippen LogP contribution in [-0.2, 0) is 11.2 Å². The first-order chi connectivity index (χ1) is 15.9. The van der Waals surface area contributed by atoms with Crippen LogP contribution >= 0.6 is 0 Å². The number of aromatic nitrogens is 2. The number of aldehydes is 1. The molecular formula is C26H28FN5O. The maximum absolute atomic E-state index is 14.6. The van der Waals surface area contributed by atoms with Crippen LogP contribution in [0.15, 0.2) is 40.7 Å². The summed E-state index contributed by atoms with van der Waals surface area (Å²) in [5.41, 5.74) is 3.41. The van der Waals surface area contributed by atoms with Crippen LogP contribution in [0.3, 0.4) is 0 Å². The molecule has 1 N–H and O–H groups in total. The Kier molecular flexibility index (Phi) is 4.48. The molecule has 0 bridgehead atoms. The van der Waals surface area contributed by atoms with Crippen molar-refractivity contribution in [3.8, 4) is 0 Å². The fourth-order valence-electron chi connectivity index (χ4n) is 5.68. The fraction of sp³-hybridized carbons (Fsp3) is 0.462. The van der Waals surface area contributed by atoms with Crippen molar-refractivity contribution in [2.75, 3.05) is 5.01 Å². The summed E-state index contributed by atoms with van der Waals surface area (Å²) in [6.07, 6.45) is 14.1. The van der Waals surface area contributed by atoms with E-state index in [0.717, 1.165) is 65.9 Å². The number of fused-ring (bicyclic) bond motifs is 4. The van der Waals surface area contributed by atoms with Gasteiger partial charge in [0.25, 0.3) is 0 Å². The van der Waals surface area contributed by atoms with Crippen LogP contribution in [0.5, 0.6) is 0 Å². The number of hydrogen-bond donors (Lipinski definition) is 1. The van der Waals surface area contributed by atoms with Gasteiger partial charge in [-0.1, -0.05) is 13.0 Å². The molecule has 170 valence electrons. The number of hydrogen-bond acceptors (Lipinski definition) is 5. The van der Waals surface area contributed by atoms with Crippen molar-refractivity contribution in [1.82, 2.24) is 9.97 Å². The van der Waals surface area contributed by atoms with E-state index < -0.39 is 5.67 Å². The minimum Gasteiger partial charge on any atom is -0.346 e. The Bertz CT molecular complexity index is 1200. The van der Waals surface area contributed by atoms with Gasteiger partial charge in [0.1, 0.15) is 17.8 Å². The number of aliphatic imine (C=N–C) groups is 1. The Morgan fingerprint density at radius 2 is 2.09 bits per heavy atom. The van der Waals surface area contributed by atoms with Crippen LogP contribution in [-0.4, -0.2) is 40.0 Å². The molecule has 3 unspecified atom stereocenters. The molecule has 1 saturated carbocycles. The Morgan fingerprint density at radius 3 is 2.88 bits per heavy atom. The van der Waals surface area contributed by atoms with E-state index in [1.807, 2.05) is 23.6 Å². The van der Waals surface area contributed by atoms with Gasteiger partial charge in [-0.15, -0.1) is 0 Å². The van der Waals surface area contributed by atoms with Gasteiger partial charge < -0.3 is 9.78 Å². The number of rotatable bonds is 3. The van der Waals surface area contributed by atoms with Crippen LogP contribution in [0.2, 0.25) is 0 Å². The number of nitrogens with one attached hydrogen (secondary N) is 1. The van der Waals surface area contributed by atoms with Crippen molar-refractivity contribution in [3.63, 3.8) is 0 Å². The second kappa shape index (κ2) is 7.20. The molecule has 3 atom stereocenters. The first-order valence-corrected chi connectivity index (χ1v) is 11.8. The molecule has 0 aromatic carbocycles. The first kappa shape index (κ1) is 20.5. The summed E-state index contributed by atoms with van der Waals surface area (Å²) >= 11 is 0. The van der Waals surface area contributed by atoms with Gasteiger partial charge in [0.05, 0.1) is 17.3 Å². The molecule has 6 rings (SSSR count). The molecule has 2 aromatic heterocycles. The van der Waals surface area contributed by atoms with Crippen LogP contribution in [0.25, 0.3) is 6.08 Å². The maximum Gasteiger partial charge on any atom is 0.155 e. The highest BCUT2D eigenvalue weighted by Gasteiger charge is 2.42. The van der Waals surface area contributed by atoms with Gasteiger partial charge in [-0.25, -0.2) is 9.40 Å². The van der Waals surface area contributed by atoms with Gasteiger partial charge in [0.15, 0.2) is 6.17 Å². The average molecular weight is 446 g/mol. The standard InChI is InChI=1S/C26H28FN5O/c1-25(15-33)7-3-16(4-8-25)22-19-6-10-28-23(19)32-24(31-22)20(14-30-32)18-11-17-12-26(2,27)9-5-21(17)29-13-18/h5-6,9-11,13-16,20,24,28H,3-4,7-8,12H2,1-2H3. The van der Waals surface area contributed by atoms with E-state index in [4.69, 9.17) is 10.1 Å². The van der Waals surface area contributed by atoms with Crippen molar-refractivity contribution in [2.45, 2.75) is 63.7 Å². The van der Waals surface area contributed by atoms with Crippen LogP contribution in [0.4, 0.5) is 10.2 Å². The minimum atomic E-state index is -1.35. The predicted molar refractivity (Wildman–Crippen MR) is 127 cm³/mol. The van der Waals surface area contributed by atoms with Crippen molar-refractivity contribution in [2.24, 2.45) is 21.4 Å².